The summed E-state index contributed by atoms with van der Waals surface area (Å²) in [5.74, 6) is -5.43. The molecule has 4 aliphatic rings. The van der Waals surface area contributed by atoms with E-state index in [1.807, 2.05) is 6.92 Å². The number of carbonyl (C=O) groups is 6. The minimum Gasteiger partial charge on any atom is -0.456 e. The van der Waals surface area contributed by atoms with Crippen LogP contribution in [0, 0.1) is 16.7 Å². The monoisotopic (exact) mass is 870 g/mol. The standard InChI is InChI=1S/C45H62N2O15/c1-12-18-46-39(54)59-33-31-24(4)28(58-38(53)32(50)27(19-23(2)3)47-40(55)62-41(6,7)8)21-45(56,42(31,9)10)36(60-37(52)26-16-14-13-15-17-26)34-43(11,35(33)51)29(49)20-30-44(34,22-57-30)61-25(5)48/h13-17,19,27-30,32-34,36,49-50,56H,12,18,20-22H2,1-11H3,(H,46,54)(H,47,55)/t27-,28-,29-,30+,32+,33+,34-,36-,43+,44-,45+/m0/s1. The van der Waals surface area contributed by atoms with E-state index in [0.717, 1.165) is 6.92 Å². The van der Waals surface area contributed by atoms with E-state index in [0.29, 0.717) is 12.0 Å². The van der Waals surface area contributed by atoms with Crippen LogP contribution in [0.1, 0.15) is 106 Å². The number of Topliss-reactive ketones (excluding diaryl/α,β-unsaturated/α-hetero) is 1. The highest BCUT2D eigenvalue weighted by molar-refractivity contribution is 5.95. The molecule has 5 rings (SSSR count). The Hall–Kier alpha value is -4.84. The number of benzene rings is 1. The van der Waals surface area contributed by atoms with Crippen molar-refractivity contribution in [1.29, 1.82) is 0 Å². The first-order valence-corrected chi connectivity index (χ1v) is 21.0. The number of ketones is 1. The zero-order valence-corrected chi connectivity index (χ0v) is 37.4. The maximum atomic E-state index is 15.6. The molecular formula is C45H62N2O15. The predicted octanol–water partition coefficient (Wildman–Crippen LogP) is 4.00. The Labute approximate surface area is 361 Å². The summed E-state index contributed by atoms with van der Waals surface area (Å²) in [5, 5.41) is 42.4. The predicted molar refractivity (Wildman–Crippen MR) is 220 cm³/mol. The molecule has 0 radical (unpaired) electrons. The molecule has 17 nitrogen and oxygen atoms in total. The molecule has 342 valence electrons. The van der Waals surface area contributed by atoms with Crippen LogP contribution in [0.3, 0.4) is 0 Å². The van der Waals surface area contributed by atoms with Crippen LogP contribution in [0.5, 0.6) is 0 Å². The molecule has 0 aromatic heterocycles. The molecule has 1 aliphatic heterocycles. The number of alkyl carbamates (subject to hydrolysis) is 2. The Kier molecular flexibility index (Phi) is 13.8. The summed E-state index contributed by atoms with van der Waals surface area (Å²) in [6, 6.07) is 6.48. The number of rotatable bonds is 11. The molecule has 17 heteroatoms. The van der Waals surface area contributed by atoms with E-state index >= 15 is 4.79 Å². The lowest BCUT2D eigenvalue weighted by Gasteiger charge is -2.67. The van der Waals surface area contributed by atoms with E-state index in [9.17, 15) is 39.3 Å². The largest absolute Gasteiger partial charge is 0.456 e. The lowest BCUT2D eigenvalue weighted by atomic mass is 9.44. The van der Waals surface area contributed by atoms with Crippen LogP contribution in [-0.2, 0) is 42.8 Å². The zero-order chi connectivity index (χ0) is 46.3. The molecule has 2 saturated carbocycles. The Morgan fingerprint density at radius 2 is 1.65 bits per heavy atom. The van der Waals surface area contributed by atoms with Gasteiger partial charge in [0.2, 0.25) is 0 Å². The number of aliphatic hydroxyl groups excluding tert-OH is 2. The third kappa shape index (κ3) is 8.86. The molecular weight excluding hydrogens is 808 g/mol. The lowest BCUT2D eigenvalue weighted by molar-refractivity contribution is -0.345. The van der Waals surface area contributed by atoms with Crippen molar-refractivity contribution in [3.8, 4) is 0 Å². The van der Waals surface area contributed by atoms with Gasteiger partial charge in [-0.1, -0.05) is 50.6 Å². The van der Waals surface area contributed by atoms with Gasteiger partial charge in [0.1, 0.15) is 29.5 Å². The normalized spacial score (nSPS) is 32.1. The van der Waals surface area contributed by atoms with Crippen molar-refractivity contribution in [1.82, 2.24) is 10.6 Å². The molecule has 11 atom stereocenters. The summed E-state index contributed by atoms with van der Waals surface area (Å²) in [6.45, 7) is 17.1. The summed E-state index contributed by atoms with van der Waals surface area (Å²) in [7, 11) is 0. The molecule has 2 amide bonds. The second-order valence-electron chi connectivity index (χ2n) is 18.8. The number of ether oxygens (including phenoxy) is 6. The quantitative estimate of drug-likeness (QED) is 0.120. The van der Waals surface area contributed by atoms with Gasteiger partial charge < -0.3 is 54.4 Å². The van der Waals surface area contributed by atoms with Crippen LogP contribution >= 0.6 is 0 Å². The molecule has 0 unspecified atom stereocenters. The van der Waals surface area contributed by atoms with E-state index in [4.69, 9.17) is 28.4 Å². The molecule has 62 heavy (non-hydrogen) atoms. The number of hydrogen-bond donors (Lipinski definition) is 5. The van der Waals surface area contributed by atoms with Gasteiger partial charge in [0.25, 0.3) is 0 Å². The number of hydrogen-bond acceptors (Lipinski definition) is 15. The number of esters is 3. The van der Waals surface area contributed by atoms with Crippen molar-refractivity contribution in [3.63, 3.8) is 0 Å². The van der Waals surface area contributed by atoms with Gasteiger partial charge in [-0.15, -0.1) is 0 Å². The maximum absolute atomic E-state index is 15.6. The first kappa shape index (κ1) is 48.2. The Bertz CT molecular complexity index is 1990. The van der Waals surface area contributed by atoms with Gasteiger partial charge in [-0.2, -0.15) is 0 Å². The van der Waals surface area contributed by atoms with Gasteiger partial charge >= 0.3 is 30.1 Å². The molecule has 1 aromatic rings. The van der Waals surface area contributed by atoms with Gasteiger partial charge in [0, 0.05) is 31.7 Å². The van der Waals surface area contributed by atoms with E-state index in [2.05, 4.69) is 10.6 Å². The number of amides is 2. The Balaban J connectivity index is 1.75. The molecule has 1 heterocycles. The first-order chi connectivity index (χ1) is 28.7. The van der Waals surface area contributed by atoms with Crippen LogP contribution in [-0.4, -0.2) is 124 Å². The van der Waals surface area contributed by atoms with Gasteiger partial charge in [0.05, 0.1) is 35.6 Å². The third-order valence-corrected chi connectivity index (χ3v) is 12.7. The second kappa shape index (κ2) is 17.7. The molecule has 1 saturated heterocycles. The average molecular weight is 871 g/mol. The molecule has 2 bridgehead atoms. The van der Waals surface area contributed by atoms with Crippen LogP contribution < -0.4 is 10.6 Å². The molecule has 3 aliphatic carbocycles. The van der Waals surface area contributed by atoms with Crippen LogP contribution in [0.25, 0.3) is 0 Å². The number of fused-ring (bicyclic) bond motifs is 5. The van der Waals surface area contributed by atoms with Crippen molar-refractivity contribution < 1.29 is 72.5 Å². The van der Waals surface area contributed by atoms with Gasteiger partial charge in [0.15, 0.2) is 23.6 Å². The summed E-state index contributed by atoms with van der Waals surface area (Å²) in [4.78, 5) is 83.5. The number of aliphatic hydroxyl groups is 3. The topological polar surface area (TPSA) is 243 Å². The van der Waals surface area contributed by atoms with Gasteiger partial charge in [-0.25, -0.2) is 19.2 Å². The van der Waals surface area contributed by atoms with Crippen LogP contribution in [0.2, 0.25) is 0 Å². The van der Waals surface area contributed by atoms with Gasteiger partial charge in [-0.05, 0) is 78.2 Å². The maximum Gasteiger partial charge on any atom is 0.408 e. The molecule has 1 aromatic carbocycles. The summed E-state index contributed by atoms with van der Waals surface area (Å²) >= 11 is 0. The number of nitrogens with one attached hydrogen (secondary N) is 2. The summed E-state index contributed by atoms with van der Waals surface area (Å²) < 4.78 is 35.7. The first-order valence-electron chi connectivity index (χ1n) is 21.0. The van der Waals surface area contributed by atoms with Crippen molar-refractivity contribution >= 4 is 35.9 Å². The van der Waals surface area contributed by atoms with Crippen LogP contribution in [0.4, 0.5) is 9.59 Å². The van der Waals surface area contributed by atoms with Crippen LogP contribution in [0.15, 0.2) is 53.1 Å². The van der Waals surface area contributed by atoms with Crippen molar-refractivity contribution in [2.45, 2.75) is 155 Å². The van der Waals surface area contributed by atoms with Crippen molar-refractivity contribution in [2.24, 2.45) is 16.7 Å². The van der Waals surface area contributed by atoms with Crippen molar-refractivity contribution in [3.05, 3.63) is 58.7 Å². The number of allylic oxidation sites excluding steroid dienone is 1. The lowest BCUT2D eigenvalue weighted by Crippen LogP contribution is -2.82. The van der Waals surface area contributed by atoms with E-state index < -0.39 is 119 Å². The van der Waals surface area contributed by atoms with Crippen molar-refractivity contribution in [2.75, 3.05) is 13.2 Å². The van der Waals surface area contributed by atoms with Gasteiger partial charge in [-0.3, -0.25) is 9.59 Å². The highest BCUT2D eigenvalue weighted by Crippen LogP contribution is 2.64. The third-order valence-electron chi connectivity index (χ3n) is 12.7. The Morgan fingerprint density at radius 1 is 1.00 bits per heavy atom. The second-order valence-corrected chi connectivity index (χ2v) is 18.8. The smallest absolute Gasteiger partial charge is 0.408 e. The minimum atomic E-state index is -2.41. The number of carbonyl (C=O) groups excluding carboxylic acids is 6. The summed E-state index contributed by atoms with van der Waals surface area (Å²) in [5.41, 5.74) is -8.06. The average Bonchev–Trinajstić information content (AvgIpc) is 3.16. The van der Waals surface area contributed by atoms with E-state index in [-0.39, 0.29) is 36.3 Å². The molecule has 3 fully saturated rings. The fraction of sp³-hybridized carbons (Fsp3) is 0.644. The highest BCUT2D eigenvalue weighted by Gasteiger charge is 2.78. The Morgan fingerprint density at radius 3 is 2.19 bits per heavy atom. The SMILES string of the molecule is CCCNC(=O)O[C@H]1C(=O)[C@@]2(C)[C@H]([C@H](OC(=O)c3ccccc3)[C@]3(O)C[C@H](OC(=O)[C@H](O)[C@H](C=C(C)C)NC(=O)OC(C)(C)C)C(C)=C1C3(C)C)[C@]1(OC(C)=O)CO[C@@H]1C[C@@H]2O. The van der Waals surface area contributed by atoms with E-state index in [1.54, 1.807) is 66.7 Å². The molecule has 5 N–H and O–H groups in total. The minimum absolute atomic E-state index is 0.0240. The fourth-order valence-electron chi connectivity index (χ4n) is 9.60. The van der Waals surface area contributed by atoms with E-state index in [1.165, 1.54) is 32.1 Å². The summed E-state index contributed by atoms with van der Waals surface area (Å²) in [6.07, 6.45) is -10.6. The zero-order valence-electron chi connectivity index (χ0n) is 37.4. The highest BCUT2D eigenvalue weighted by atomic mass is 16.6. The fourth-order valence-corrected chi connectivity index (χ4v) is 9.60. The molecule has 0 spiro atoms.